The second-order valence-electron chi connectivity index (χ2n) is 4.29. The zero-order valence-electron chi connectivity index (χ0n) is 10.6. The van der Waals surface area contributed by atoms with Crippen LogP contribution in [0.25, 0.3) is 0 Å². The topological polar surface area (TPSA) is 63.8 Å². The van der Waals surface area contributed by atoms with Crippen LogP contribution in [0.1, 0.15) is 28.6 Å². The molecular weight excluding hydrogens is 283 g/mol. The maximum atomic E-state index is 6.22. The molecule has 0 amide bonds. The molecule has 0 aliphatic heterocycles. The molecule has 1 aromatic heterocycles. The number of rotatable bonds is 3. The largest absolute Gasteiger partial charge is 0.271 e. The van der Waals surface area contributed by atoms with Crippen LogP contribution in [0.2, 0.25) is 10.0 Å². The van der Waals surface area contributed by atoms with Gasteiger partial charge in [0.15, 0.2) is 0 Å². The van der Waals surface area contributed by atoms with Gasteiger partial charge in [0, 0.05) is 10.0 Å². The molecule has 6 heteroatoms. The normalized spacial score (nSPS) is 12.5. The highest BCUT2D eigenvalue weighted by molar-refractivity contribution is 6.33. The molecule has 1 atom stereocenters. The molecule has 2 aromatic rings. The van der Waals surface area contributed by atoms with Crippen molar-refractivity contribution >= 4 is 23.2 Å². The first-order valence-electron chi connectivity index (χ1n) is 5.75. The van der Waals surface area contributed by atoms with Crippen LogP contribution in [-0.2, 0) is 0 Å². The van der Waals surface area contributed by atoms with Crippen LogP contribution in [-0.4, -0.2) is 10.2 Å². The van der Waals surface area contributed by atoms with Gasteiger partial charge in [0.05, 0.1) is 17.4 Å². The molecule has 2 rings (SSSR count). The fourth-order valence-electron chi connectivity index (χ4n) is 1.95. The number of hydrogen-bond donors (Lipinski definition) is 2. The number of hydrazine groups is 1. The van der Waals surface area contributed by atoms with Gasteiger partial charge in [-0.25, -0.2) is 5.43 Å². The summed E-state index contributed by atoms with van der Waals surface area (Å²) in [7, 11) is 0. The highest BCUT2D eigenvalue weighted by atomic mass is 35.5. The molecule has 1 unspecified atom stereocenters. The summed E-state index contributed by atoms with van der Waals surface area (Å²) in [6, 6.07) is 6.94. The quantitative estimate of drug-likeness (QED) is 0.675. The van der Waals surface area contributed by atoms with Gasteiger partial charge in [-0.1, -0.05) is 23.2 Å². The van der Waals surface area contributed by atoms with E-state index < -0.39 is 0 Å². The van der Waals surface area contributed by atoms with Crippen molar-refractivity contribution in [3.05, 3.63) is 56.8 Å². The van der Waals surface area contributed by atoms with Crippen molar-refractivity contribution in [2.75, 3.05) is 0 Å². The van der Waals surface area contributed by atoms with Gasteiger partial charge in [0.25, 0.3) is 0 Å². The van der Waals surface area contributed by atoms with Crippen molar-refractivity contribution < 1.29 is 0 Å². The number of hydrogen-bond acceptors (Lipinski definition) is 4. The highest BCUT2D eigenvalue weighted by Gasteiger charge is 2.19. The smallest absolute Gasteiger partial charge is 0.0743 e. The van der Waals surface area contributed by atoms with Crippen molar-refractivity contribution in [1.82, 2.24) is 15.6 Å². The molecule has 0 bridgehead atoms. The van der Waals surface area contributed by atoms with E-state index in [0.29, 0.717) is 10.0 Å². The van der Waals surface area contributed by atoms with E-state index in [0.717, 1.165) is 22.5 Å². The van der Waals surface area contributed by atoms with Crippen molar-refractivity contribution in [2.24, 2.45) is 5.84 Å². The average molecular weight is 297 g/mol. The zero-order valence-corrected chi connectivity index (χ0v) is 12.1. The molecule has 0 saturated carbocycles. The molecule has 0 spiro atoms. The van der Waals surface area contributed by atoms with Gasteiger partial charge < -0.3 is 0 Å². The summed E-state index contributed by atoms with van der Waals surface area (Å²) in [5.74, 6) is 5.67. The fourth-order valence-corrected chi connectivity index (χ4v) is 2.35. The van der Waals surface area contributed by atoms with Crippen LogP contribution in [0.5, 0.6) is 0 Å². The maximum Gasteiger partial charge on any atom is 0.0743 e. The summed E-state index contributed by atoms with van der Waals surface area (Å²) >= 11 is 12.2. The summed E-state index contributed by atoms with van der Waals surface area (Å²) in [5, 5.41) is 9.32. The monoisotopic (exact) mass is 296 g/mol. The SMILES string of the molecule is Cc1cc(C(NN)c2cc(Cl)ccc2Cl)c(C)nn1. The fraction of sp³-hybridized carbons (Fsp3) is 0.231. The van der Waals surface area contributed by atoms with E-state index in [-0.39, 0.29) is 6.04 Å². The summed E-state index contributed by atoms with van der Waals surface area (Å²) in [6.07, 6.45) is 0. The number of aryl methyl sites for hydroxylation is 2. The van der Waals surface area contributed by atoms with Crippen molar-refractivity contribution in [1.29, 1.82) is 0 Å². The lowest BCUT2D eigenvalue weighted by Crippen LogP contribution is -2.30. The second kappa shape index (κ2) is 5.84. The summed E-state index contributed by atoms with van der Waals surface area (Å²) in [5.41, 5.74) is 6.12. The molecule has 100 valence electrons. The number of nitrogens with one attached hydrogen (secondary N) is 1. The van der Waals surface area contributed by atoms with Crippen molar-refractivity contribution in [3.63, 3.8) is 0 Å². The number of nitrogens with zero attached hydrogens (tertiary/aromatic N) is 2. The number of halogens is 2. The molecule has 0 fully saturated rings. The Labute approximate surface area is 121 Å². The van der Waals surface area contributed by atoms with Crippen LogP contribution in [0, 0.1) is 13.8 Å². The summed E-state index contributed by atoms with van der Waals surface area (Å²) in [6.45, 7) is 3.76. The van der Waals surface area contributed by atoms with Crippen LogP contribution >= 0.6 is 23.2 Å². The molecule has 0 aliphatic carbocycles. The molecule has 4 nitrogen and oxygen atoms in total. The molecule has 3 N–H and O–H groups in total. The molecular formula is C13H14Cl2N4. The van der Waals surface area contributed by atoms with Gasteiger partial charge in [-0.15, -0.1) is 0 Å². The first kappa shape index (κ1) is 14.2. The molecule has 1 aromatic carbocycles. The Kier molecular flexibility index (Phi) is 4.37. The van der Waals surface area contributed by atoms with Crippen LogP contribution in [0.4, 0.5) is 0 Å². The summed E-state index contributed by atoms with van der Waals surface area (Å²) in [4.78, 5) is 0. The lowest BCUT2D eigenvalue weighted by molar-refractivity contribution is 0.626. The molecule has 19 heavy (non-hydrogen) atoms. The maximum absolute atomic E-state index is 6.22. The number of aromatic nitrogens is 2. The summed E-state index contributed by atoms with van der Waals surface area (Å²) < 4.78 is 0. The zero-order chi connectivity index (χ0) is 14.0. The van der Waals surface area contributed by atoms with E-state index in [2.05, 4.69) is 15.6 Å². The lowest BCUT2D eigenvalue weighted by Gasteiger charge is -2.20. The van der Waals surface area contributed by atoms with E-state index in [1.807, 2.05) is 19.9 Å². The van der Waals surface area contributed by atoms with Gasteiger partial charge in [-0.2, -0.15) is 10.2 Å². The van der Waals surface area contributed by atoms with E-state index in [1.54, 1.807) is 18.2 Å². The van der Waals surface area contributed by atoms with E-state index in [1.165, 1.54) is 0 Å². The van der Waals surface area contributed by atoms with Gasteiger partial charge >= 0.3 is 0 Å². The lowest BCUT2D eigenvalue weighted by atomic mass is 9.98. The van der Waals surface area contributed by atoms with E-state index in [4.69, 9.17) is 29.0 Å². The third-order valence-corrected chi connectivity index (χ3v) is 3.47. The Morgan fingerprint density at radius 1 is 1.11 bits per heavy atom. The first-order chi connectivity index (χ1) is 9.02. The Hall–Kier alpha value is -1.20. The second-order valence-corrected chi connectivity index (χ2v) is 5.14. The Bertz CT molecular complexity index is 550. The highest BCUT2D eigenvalue weighted by Crippen LogP contribution is 2.31. The molecule has 1 heterocycles. The van der Waals surface area contributed by atoms with Gasteiger partial charge in [0.2, 0.25) is 0 Å². The minimum atomic E-state index is -0.277. The van der Waals surface area contributed by atoms with Crippen LogP contribution < -0.4 is 11.3 Å². The van der Waals surface area contributed by atoms with Gasteiger partial charge in [-0.3, -0.25) is 5.84 Å². The number of benzene rings is 1. The van der Waals surface area contributed by atoms with Crippen LogP contribution in [0.3, 0.4) is 0 Å². The Morgan fingerprint density at radius 3 is 2.53 bits per heavy atom. The predicted octanol–water partition coefficient (Wildman–Crippen LogP) is 2.95. The van der Waals surface area contributed by atoms with E-state index in [9.17, 15) is 0 Å². The number of nitrogens with two attached hydrogens (primary N) is 1. The van der Waals surface area contributed by atoms with Crippen LogP contribution in [0.15, 0.2) is 24.3 Å². The minimum absolute atomic E-state index is 0.277. The van der Waals surface area contributed by atoms with Gasteiger partial charge in [0.1, 0.15) is 0 Å². The molecule has 0 saturated heterocycles. The third kappa shape index (κ3) is 3.04. The Balaban J connectivity index is 2.55. The Morgan fingerprint density at radius 2 is 1.84 bits per heavy atom. The average Bonchev–Trinajstić information content (AvgIpc) is 2.38. The van der Waals surface area contributed by atoms with E-state index >= 15 is 0 Å². The van der Waals surface area contributed by atoms with Crippen molar-refractivity contribution in [2.45, 2.75) is 19.9 Å². The predicted molar refractivity (Wildman–Crippen MR) is 77.1 cm³/mol. The minimum Gasteiger partial charge on any atom is -0.271 e. The van der Waals surface area contributed by atoms with Gasteiger partial charge in [-0.05, 0) is 49.2 Å². The third-order valence-electron chi connectivity index (χ3n) is 2.89. The molecule has 0 radical (unpaired) electrons. The first-order valence-corrected chi connectivity index (χ1v) is 6.50. The molecule has 0 aliphatic rings. The standard InChI is InChI=1S/C13H14Cl2N4/c1-7-5-10(8(2)19-18-7)13(17-16)11-6-9(14)3-4-12(11)15/h3-6,13,17H,16H2,1-2H3. The van der Waals surface area contributed by atoms with Crippen molar-refractivity contribution in [3.8, 4) is 0 Å².